The molecule has 0 aliphatic rings. The third-order valence-electron chi connectivity index (χ3n) is 4.00. The first-order valence-electron chi connectivity index (χ1n) is 8.48. The molecule has 0 saturated carbocycles. The number of aromatic nitrogens is 2. The summed E-state index contributed by atoms with van der Waals surface area (Å²) in [6.07, 6.45) is 10.8. The molecule has 3 nitrogen and oxygen atoms in total. The van der Waals surface area contributed by atoms with Crippen molar-refractivity contribution < 1.29 is 0 Å². The van der Waals surface area contributed by atoms with E-state index in [0.717, 1.165) is 19.4 Å². The smallest absolute Gasteiger partial charge is 0.0640 e. The zero-order valence-corrected chi connectivity index (χ0v) is 13.9. The first-order valence-corrected chi connectivity index (χ1v) is 8.48. The van der Waals surface area contributed by atoms with Gasteiger partial charge in [-0.2, -0.15) is 5.10 Å². The lowest BCUT2D eigenvalue weighted by atomic mass is 10.0. The average Bonchev–Trinajstić information content (AvgIpc) is 2.92. The third-order valence-corrected chi connectivity index (χ3v) is 4.00. The summed E-state index contributed by atoms with van der Waals surface area (Å²) in [7, 11) is 0. The number of nitrogens with one attached hydrogen (secondary N) is 1. The molecule has 2 unspecified atom stereocenters. The number of unbranched alkanes of at least 4 members (excludes halogenated alkanes) is 2. The molecular weight excluding hydrogens is 246 g/mol. The molecule has 20 heavy (non-hydrogen) atoms. The van der Waals surface area contributed by atoms with E-state index in [0.29, 0.717) is 12.1 Å². The molecule has 1 heterocycles. The molecule has 1 aromatic rings. The van der Waals surface area contributed by atoms with Crippen LogP contribution in [0, 0.1) is 0 Å². The molecule has 0 aromatic carbocycles. The second-order valence-corrected chi connectivity index (χ2v) is 5.90. The van der Waals surface area contributed by atoms with Crippen LogP contribution in [0.5, 0.6) is 0 Å². The van der Waals surface area contributed by atoms with Crippen molar-refractivity contribution in [2.24, 2.45) is 0 Å². The van der Waals surface area contributed by atoms with E-state index in [9.17, 15) is 0 Å². The topological polar surface area (TPSA) is 29.9 Å². The van der Waals surface area contributed by atoms with Gasteiger partial charge >= 0.3 is 0 Å². The van der Waals surface area contributed by atoms with Gasteiger partial charge in [-0.15, -0.1) is 0 Å². The third kappa shape index (κ3) is 6.08. The van der Waals surface area contributed by atoms with Gasteiger partial charge in [0.1, 0.15) is 0 Å². The molecule has 0 radical (unpaired) electrons. The highest BCUT2D eigenvalue weighted by Crippen LogP contribution is 2.12. The van der Waals surface area contributed by atoms with E-state index >= 15 is 0 Å². The summed E-state index contributed by atoms with van der Waals surface area (Å²) < 4.78 is 2.11. The minimum Gasteiger partial charge on any atom is -0.314 e. The maximum absolute atomic E-state index is 4.73. The molecular formula is C17H33N3. The van der Waals surface area contributed by atoms with Crippen molar-refractivity contribution in [1.82, 2.24) is 15.1 Å². The molecule has 0 fully saturated rings. The van der Waals surface area contributed by atoms with Gasteiger partial charge in [-0.1, -0.05) is 40.0 Å². The molecule has 0 amide bonds. The minimum absolute atomic E-state index is 0.505. The Kier molecular flexibility index (Phi) is 8.59. The van der Waals surface area contributed by atoms with Gasteiger partial charge in [-0.25, -0.2) is 0 Å². The van der Waals surface area contributed by atoms with Crippen LogP contribution in [0.4, 0.5) is 0 Å². The van der Waals surface area contributed by atoms with Crippen molar-refractivity contribution in [3.63, 3.8) is 0 Å². The van der Waals surface area contributed by atoms with E-state index in [1.54, 1.807) is 0 Å². The first-order chi connectivity index (χ1) is 9.71. The zero-order valence-electron chi connectivity index (χ0n) is 13.9. The van der Waals surface area contributed by atoms with Gasteiger partial charge < -0.3 is 5.32 Å². The maximum atomic E-state index is 4.73. The van der Waals surface area contributed by atoms with Gasteiger partial charge in [0.2, 0.25) is 0 Å². The number of hydrogen-bond donors (Lipinski definition) is 1. The second kappa shape index (κ2) is 9.98. The van der Waals surface area contributed by atoms with Crippen molar-refractivity contribution in [3.8, 4) is 0 Å². The lowest BCUT2D eigenvalue weighted by Gasteiger charge is -2.17. The SMILES string of the molecule is CCCCCC(Cc1ccn(C(C)CC)n1)NCCC. The largest absolute Gasteiger partial charge is 0.314 e. The molecule has 0 bridgehead atoms. The molecule has 0 aliphatic carbocycles. The molecule has 0 saturated heterocycles. The molecule has 0 aliphatic heterocycles. The summed E-state index contributed by atoms with van der Waals surface area (Å²) in [6, 6.07) is 3.28. The number of hydrogen-bond acceptors (Lipinski definition) is 2. The molecule has 3 heteroatoms. The van der Waals surface area contributed by atoms with Crippen molar-refractivity contribution >= 4 is 0 Å². The van der Waals surface area contributed by atoms with Crippen LogP contribution < -0.4 is 5.32 Å². The quantitative estimate of drug-likeness (QED) is 0.610. The standard InChI is InChI=1S/C17H33N3/c1-5-8-9-10-16(18-12-6-2)14-17-11-13-20(19-17)15(4)7-3/h11,13,15-16,18H,5-10,12,14H2,1-4H3. The summed E-state index contributed by atoms with van der Waals surface area (Å²) in [6.45, 7) is 10.0. The Bertz CT molecular complexity index is 346. The van der Waals surface area contributed by atoms with Gasteiger partial charge in [-0.3, -0.25) is 4.68 Å². The lowest BCUT2D eigenvalue weighted by molar-refractivity contribution is 0.440. The number of nitrogens with zero attached hydrogens (tertiary/aromatic N) is 2. The van der Waals surface area contributed by atoms with E-state index in [1.165, 1.54) is 37.8 Å². The maximum Gasteiger partial charge on any atom is 0.0640 e. The van der Waals surface area contributed by atoms with Gasteiger partial charge in [0.25, 0.3) is 0 Å². The Balaban J connectivity index is 2.51. The number of rotatable bonds is 11. The van der Waals surface area contributed by atoms with Crippen LogP contribution in [-0.2, 0) is 6.42 Å². The monoisotopic (exact) mass is 279 g/mol. The molecule has 2 atom stereocenters. The van der Waals surface area contributed by atoms with Gasteiger partial charge in [-0.05, 0) is 38.8 Å². The van der Waals surface area contributed by atoms with Gasteiger partial charge in [0, 0.05) is 24.7 Å². The van der Waals surface area contributed by atoms with Crippen LogP contribution in [0.2, 0.25) is 0 Å². The Hall–Kier alpha value is -0.830. The van der Waals surface area contributed by atoms with E-state index in [2.05, 4.69) is 50.0 Å². The second-order valence-electron chi connectivity index (χ2n) is 5.90. The molecule has 116 valence electrons. The Morgan fingerprint density at radius 3 is 2.65 bits per heavy atom. The van der Waals surface area contributed by atoms with E-state index < -0.39 is 0 Å². The Labute approximate surface area is 125 Å². The van der Waals surface area contributed by atoms with Crippen LogP contribution in [-0.4, -0.2) is 22.4 Å². The lowest BCUT2D eigenvalue weighted by Crippen LogP contribution is -2.32. The fourth-order valence-electron chi connectivity index (χ4n) is 2.44. The molecule has 1 aromatic heterocycles. The van der Waals surface area contributed by atoms with Crippen LogP contribution in [0.25, 0.3) is 0 Å². The van der Waals surface area contributed by atoms with Crippen molar-refractivity contribution in [3.05, 3.63) is 18.0 Å². The van der Waals surface area contributed by atoms with Crippen LogP contribution in [0.1, 0.15) is 78.0 Å². The highest BCUT2D eigenvalue weighted by atomic mass is 15.3. The fourth-order valence-corrected chi connectivity index (χ4v) is 2.44. The zero-order chi connectivity index (χ0) is 14.8. The average molecular weight is 279 g/mol. The predicted molar refractivity (Wildman–Crippen MR) is 87.2 cm³/mol. The molecule has 0 spiro atoms. The minimum atomic E-state index is 0.505. The van der Waals surface area contributed by atoms with E-state index in [-0.39, 0.29) is 0 Å². The first kappa shape index (κ1) is 17.2. The predicted octanol–water partition coefficient (Wildman–Crippen LogP) is 4.35. The van der Waals surface area contributed by atoms with Crippen LogP contribution in [0.3, 0.4) is 0 Å². The fraction of sp³-hybridized carbons (Fsp3) is 0.824. The van der Waals surface area contributed by atoms with Crippen LogP contribution >= 0.6 is 0 Å². The van der Waals surface area contributed by atoms with Crippen molar-refractivity contribution in [1.29, 1.82) is 0 Å². The summed E-state index contributed by atoms with van der Waals surface area (Å²) in [4.78, 5) is 0. The van der Waals surface area contributed by atoms with Gasteiger partial charge in [0.05, 0.1) is 5.69 Å². The summed E-state index contributed by atoms with van der Waals surface area (Å²) >= 11 is 0. The highest BCUT2D eigenvalue weighted by molar-refractivity contribution is 5.02. The van der Waals surface area contributed by atoms with E-state index in [4.69, 9.17) is 5.10 Å². The van der Waals surface area contributed by atoms with Gasteiger partial charge in [0.15, 0.2) is 0 Å². The normalized spacial score (nSPS) is 14.4. The van der Waals surface area contributed by atoms with Crippen molar-refractivity contribution in [2.45, 2.75) is 84.7 Å². The van der Waals surface area contributed by atoms with Crippen LogP contribution in [0.15, 0.2) is 12.3 Å². The Morgan fingerprint density at radius 1 is 1.20 bits per heavy atom. The summed E-state index contributed by atoms with van der Waals surface area (Å²) in [5.41, 5.74) is 1.23. The van der Waals surface area contributed by atoms with Crippen molar-refractivity contribution in [2.75, 3.05) is 6.54 Å². The highest BCUT2D eigenvalue weighted by Gasteiger charge is 2.11. The van der Waals surface area contributed by atoms with E-state index in [1.807, 2.05) is 0 Å². The summed E-state index contributed by atoms with van der Waals surface area (Å²) in [5.74, 6) is 0. The molecule has 1 rings (SSSR count). The summed E-state index contributed by atoms with van der Waals surface area (Å²) in [5, 5.41) is 8.41. The Morgan fingerprint density at radius 2 is 2.00 bits per heavy atom. The molecule has 1 N–H and O–H groups in total.